The van der Waals surface area contributed by atoms with Gasteiger partial charge in [0.05, 0.1) is 5.56 Å². The second kappa shape index (κ2) is 5.31. The van der Waals surface area contributed by atoms with Crippen LogP contribution in [0.2, 0.25) is 0 Å². The second-order valence-electron chi connectivity index (χ2n) is 3.91. The molecule has 1 aromatic heterocycles. The van der Waals surface area contributed by atoms with E-state index in [0.717, 1.165) is 29.8 Å². The van der Waals surface area contributed by atoms with Crippen LogP contribution < -0.4 is 0 Å². The number of nitrogens with zero attached hydrogens (tertiary/aromatic N) is 1. The maximum Gasteiger partial charge on any atom is 0.254 e. The van der Waals surface area contributed by atoms with Gasteiger partial charge in [-0.25, -0.2) is 0 Å². The van der Waals surface area contributed by atoms with Crippen molar-refractivity contribution in [2.24, 2.45) is 0 Å². The number of thiophene rings is 1. The number of aryl methyl sites for hydroxylation is 2. The fraction of sp³-hybridized carbons (Fsp3) is 0.583. The highest BCUT2D eigenvalue weighted by Gasteiger charge is 2.15. The minimum absolute atomic E-state index is 0.158. The Morgan fingerprint density at radius 1 is 1.47 bits per heavy atom. The average Bonchev–Trinajstić information content (AvgIpc) is 2.53. The lowest BCUT2D eigenvalue weighted by molar-refractivity contribution is 0.0793. The first-order chi connectivity index (χ1) is 7.06. The first-order valence-electron chi connectivity index (χ1n) is 5.38. The van der Waals surface area contributed by atoms with Crippen molar-refractivity contribution in [3.63, 3.8) is 0 Å². The number of amides is 1. The van der Waals surface area contributed by atoms with Crippen LogP contribution in [0.3, 0.4) is 0 Å². The van der Waals surface area contributed by atoms with E-state index >= 15 is 0 Å². The van der Waals surface area contributed by atoms with Gasteiger partial charge in [0.1, 0.15) is 0 Å². The number of carbonyl (C=O) groups excluding carboxylic acids is 1. The summed E-state index contributed by atoms with van der Waals surface area (Å²) in [5, 5.41) is 0. The number of rotatable bonds is 4. The molecule has 0 spiro atoms. The zero-order valence-corrected chi connectivity index (χ0v) is 10.8. The average molecular weight is 225 g/mol. The van der Waals surface area contributed by atoms with Crippen molar-refractivity contribution < 1.29 is 4.79 Å². The molecule has 1 heterocycles. The molecule has 0 unspecified atom stereocenters. The summed E-state index contributed by atoms with van der Waals surface area (Å²) >= 11 is 1.69. The van der Waals surface area contributed by atoms with E-state index in [4.69, 9.17) is 0 Å². The Balaban J connectivity index is 2.71. The maximum absolute atomic E-state index is 12.0. The molecular formula is C12H19NOS. The van der Waals surface area contributed by atoms with Crippen molar-refractivity contribution >= 4 is 17.2 Å². The SMILES string of the molecule is CCCCN(C)C(=O)c1cc(C)sc1C. The highest BCUT2D eigenvalue weighted by atomic mass is 32.1. The summed E-state index contributed by atoms with van der Waals surface area (Å²) in [5.74, 6) is 0.158. The molecule has 0 N–H and O–H groups in total. The van der Waals surface area contributed by atoms with Crippen LogP contribution in [0.5, 0.6) is 0 Å². The lowest BCUT2D eigenvalue weighted by Gasteiger charge is -2.16. The van der Waals surface area contributed by atoms with Crippen molar-refractivity contribution in [1.82, 2.24) is 4.90 Å². The molecule has 1 amide bonds. The van der Waals surface area contributed by atoms with E-state index in [9.17, 15) is 4.79 Å². The van der Waals surface area contributed by atoms with Crippen LogP contribution in [0.25, 0.3) is 0 Å². The lowest BCUT2D eigenvalue weighted by Crippen LogP contribution is -2.27. The number of carbonyl (C=O) groups is 1. The third-order valence-electron chi connectivity index (χ3n) is 2.47. The van der Waals surface area contributed by atoms with Gasteiger partial charge < -0.3 is 4.90 Å². The summed E-state index contributed by atoms with van der Waals surface area (Å²) in [5.41, 5.74) is 0.871. The fourth-order valence-electron chi connectivity index (χ4n) is 1.55. The molecule has 0 aliphatic rings. The molecule has 0 atom stereocenters. The molecule has 0 fully saturated rings. The zero-order valence-electron chi connectivity index (χ0n) is 9.96. The van der Waals surface area contributed by atoms with Crippen molar-refractivity contribution in [2.75, 3.05) is 13.6 Å². The van der Waals surface area contributed by atoms with Crippen LogP contribution in [0.4, 0.5) is 0 Å². The predicted octanol–water partition coefficient (Wildman–Crippen LogP) is 3.24. The van der Waals surface area contributed by atoms with Crippen LogP contribution >= 0.6 is 11.3 Å². The van der Waals surface area contributed by atoms with Crippen molar-refractivity contribution in [3.05, 3.63) is 21.4 Å². The molecule has 84 valence electrons. The molecule has 0 aliphatic carbocycles. The number of unbranched alkanes of at least 4 members (excludes halogenated alkanes) is 1. The van der Waals surface area contributed by atoms with Gasteiger partial charge in [0.25, 0.3) is 5.91 Å². The molecule has 3 heteroatoms. The van der Waals surface area contributed by atoms with E-state index in [1.165, 1.54) is 4.88 Å². The molecule has 1 aromatic rings. The third-order valence-corrected chi connectivity index (χ3v) is 3.43. The van der Waals surface area contributed by atoms with E-state index in [-0.39, 0.29) is 5.91 Å². The Hall–Kier alpha value is -0.830. The summed E-state index contributed by atoms with van der Waals surface area (Å²) in [6.45, 7) is 7.04. The fourth-order valence-corrected chi connectivity index (χ4v) is 2.46. The quantitative estimate of drug-likeness (QED) is 0.770. The normalized spacial score (nSPS) is 10.4. The molecule has 15 heavy (non-hydrogen) atoms. The largest absolute Gasteiger partial charge is 0.342 e. The molecular weight excluding hydrogens is 206 g/mol. The topological polar surface area (TPSA) is 20.3 Å². The smallest absolute Gasteiger partial charge is 0.254 e. The summed E-state index contributed by atoms with van der Waals surface area (Å²) in [4.78, 5) is 16.2. The predicted molar refractivity (Wildman–Crippen MR) is 65.7 cm³/mol. The molecule has 0 radical (unpaired) electrons. The van der Waals surface area contributed by atoms with Crippen molar-refractivity contribution in [3.8, 4) is 0 Å². The summed E-state index contributed by atoms with van der Waals surface area (Å²) in [7, 11) is 1.88. The van der Waals surface area contributed by atoms with E-state index < -0.39 is 0 Å². The zero-order chi connectivity index (χ0) is 11.4. The molecule has 0 saturated carbocycles. The Bertz CT molecular complexity index is 343. The van der Waals surface area contributed by atoms with E-state index in [2.05, 4.69) is 6.92 Å². The highest BCUT2D eigenvalue weighted by Crippen LogP contribution is 2.21. The monoisotopic (exact) mass is 225 g/mol. The Morgan fingerprint density at radius 3 is 2.60 bits per heavy atom. The standard InChI is InChI=1S/C12H19NOS/c1-5-6-7-13(4)12(14)11-8-9(2)15-10(11)3/h8H,5-7H2,1-4H3. The van der Waals surface area contributed by atoms with Crippen molar-refractivity contribution in [1.29, 1.82) is 0 Å². The van der Waals surface area contributed by atoms with Crippen LogP contribution in [0, 0.1) is 13.8 Å². The van der Waals surface area contributed by atoms with Gasteiger partial charge in [-0.2, -0.15) is 0 Å². The van der Waals surface area contributed by atoms with Gasteiger partial charge in [0.2, 0.25) is 0 Å². The van der Waals surface area contributed by atoms with Gasteiger partial charge in [0, 0.05) is 23.3 Å². The van der Waals surface area contributed by atoms with Gasteiger partial charge in [-0.1, -0.05) is 13.3 Å². The van der Waals surface area contributed by atoms with Gasteiger partial charge in [0.15, 0.2) is 0 Å². The highest BCUT2D eigenvalue weighted by molar-refractivity contribution is 7.12. The van der Waals surface area contributed by atoms with Gasteiger partial charge in [-0.3, -0.25) is 4.79 Å². The summed E-state index contributed by atoms with van der Waals surface area (Å²) in [6.07, 6.45) is 2.20. The minimum Gasteiger partial charge on any atom is -0.342 e. The van der Waals surface area contributed by atoms with Gasteiger partial charge in [-0.15, -0.1) is 11.3 Å². The summed E-state index contributed by atoms with van der Waals surface area (Å²) < 4.78 is 0. The summed E-state index contributed by atoms with van der Waals surface area (Å²) in [6, 6.07) is 1.99. The first-order valence-corrected chi connectivity index (χ1v) is 6.20. The van der Waals surface area contributed by atoms with E-state index in [0.29, 0.717) is 0 Å². The maximum atomic E-state index is 12.0. The van der Waals surface area contributed by atoms with Crippen LogP contribution in [-0.4, -0.2) is 24.4 Å². The molecule has 2 nitrogen and oxygen atoms in total. The minimum atomic E-state index is 0.158. The van der Waals surface area contributed by atoms with E-state index in [1.807, 2.05) is 31.9 Å². The van der Waals surface area contributed by atoms with Crippen molar-refractivity contribution in [2.45, 2.75) is 33.6 Å². The van der Waals surface area contributed by atoms with Crippen LogP contribution in [0.15, 0.2) is 6.07 Å². The van der Waals surface area contributed by atoms with Gasteiger partial charge >= 0.3 is 0 Å². The Morgan fingerprint density at radius 2 is 2.13 bits per heavy atom. The van der Waals surface area contributed by atoms with E-state index in [1.54, 1.807) is 11.3 Å². The molecule has 0 aliphatic heterocycles. The molecule has 0 saturated heterocycles. The lowest BCUT2D eigenvalue weighted by atomic mass is 10.2. The third kappa shape index (κ3) is 3.06. The number of hydrogen-bond donors (Lipinski definition) is 0. The Kier molecular flexibility index (Phi) is 4.33. The second-order valence-corrected chi connectivity index (χ2v) is 5.37. The Labute approximate surface area is 95.9 Å². The number of hydrogen-bond acceptors (Lipinski definition) is 2. The van der Waals surface area contributed by atoms with Gasteiger partial charge in [-0.05, 0) is 26.3 Å². The van der Waals surface area contributed by atoms with Crippen LogP contribution in [-0.2, 0) is 0 Å². The first kappa shape index (κ1) is 12.2. The van der Waals surface area contributed by atoms with Crippen LogP contribution in [0.1, 0.15) is 39.9 Å². The molecule has 1 rings (SSSR count). The molecule has 0 bridgehead atoms. The molecule has 0 aromatic carbocycles.